The van der Waals surface area contributed by atoms with Crippen LogP contribution in [0.25, 0.3) is 0 Å². The monoisotopic (exact) mass is 180 g/mol. The van der Waals surface area contributed by atoms with Gasteiger partial charge < -0.3 is 0 Å². The minimum absolute atomic E-state index is 1.12. The zero-order valence-corrected chi connectivity index (χ0v) is 9.26. The lowest BCUT2D eigenvalue weighted by Gasteiger charge is -1.90. The van der Waals surface area contributed by atoms with Crippen LogP contribution < -0.4 is 0 Å². The summed E-state index contributed by atoms with van der Waals surface area (Å²) in [6, 6.07) is 0. The van der Waals surface area contributed by atoms with Crippen LogP contribution in [0.15, 0.2) is 24.3 Å². The summed E-state index contributed by atoms with van der Waals surface area (Å²) in [5.41, 5.74) is 0. The van der Waals surface area contributed by atoms with Crippen molar-refractivity contribution >= 4 is 0 Å². The zero-order valence-electron chi connectivity index (χ0n) is 9.26. The predicted molar refractivity (Wildman–Crippen MR) is 61.9 cm³/mol. The molecule has 0 saturated heterocycles. The summed E-state index contributed by atoms with van der Waals surface area (Å²) in [6.45, 7) is 4.46. The molecule has 76 valence electrons. The van der Waals surface area contributed by atoms with Crippen LogP contribution in [0.3, 0.4) is 0 Å². The summed E-state index contributed by atoms with van der Waals surface area (Å²) in [7, 11) is 0. The molecular weight excluding hydrogens is 156 g/mol. The highest BCUT2D eigenvalue weighted by atomic mass is 13.9. The molecule has 0 rings (SSSR count). The number of rotatable bonds is 8. The van der Waals surface area contributed by atoms with Gasteiger partial charge in [-0.25, -0.2) is 0 Å². The Balaban J connectivity index is 3.11. The Bertz CT molecular complexity index is 131. The lowest BCUT2D eigenvalue weighted by atomic mass is 10.2. The van der Waals surface area contributed by atoms with Crippen molar-refractivity contribution in [2.45, 2.75) is 58.8 Å². The zero-order chi connectivity index (χ0) is 9.78. The van der Waals surface area contributed by atoms with Gasteiger partial charge in [0.1, 0.15) is 0 Å². The second-order valence-electron chi connectivity index (χ2n) is 3.46. The highest BCUT2D eigenvalue weighted by molar-refractivity contribution is 4.92. The summed E-state index contributed by atoms with van der Waals surface area (Å²) in [6.07, 6.45) is 18.0. The van der Waals surface area contributed by atoms with Gasteiger partial charge in [0.25, 0.3) is 0 Å². The number of unbranched alkanes of at least 4 members (excludes halogenated alkanes) is 4. The second-order valence-corrected chi connectivity index (χ2v) is 3.46. The summed E-state index contributed by atoms with van der Waals surface area (Å²) < 4.78 is 0. The molecule has 0 fully saturated rings. The van der Waals surface area contributed by atoms with Crippen LogP contribution in [-0.4, -0.2) is 0 Å². The molecule has 0 aliphatic rings. The van der Waals surface area contributed by atoms with Crippen LogP contribution in [0, 0.1) is 0 Å². The fourth-order valence-corrected chi connectivity index (χ4v) is 1.19. The van der Waals surface area contributed by atoms with Crippen molar-refractivity contribution in [3.63, 3.8) is 0 Å². The average molecular weight is 180 g/mol. The first-order valence-corrected chi connectivity index (χ1v) is 5.71. The van der Waals surface area contributed by atoms with Crippen molar-refractivity contribution < 1.29 is 0 Å². The van der Waals surface area contributed by atoms with E-state index in [2.05, 4.69) is 38.2 Å². The molecule has 0 nitrogen and oxygen atoms in total. The van der Waals surface area contributed by atoms with Gasteiger partial charge in [-0.15, -0.1) is 0 Å². The van der Waals surface area contributed by atoms with E-state index in [1.54, 1.807) is 0 Å². The fraction of sp³-hybridized carbons (Fsp3) is 0.692. The standard InChI is InChI=1S/C13H24/c1-3-5-7-9-11-13-12-10-8-6-4-2/h7,9,12-13H,3-6,8,10-11H2,1-2H3/b9-7-,13-12+. The van der Waals surface area contributed by atoms with E-state index in [0.29, 0.717) is 0 Å². The number of allylic oxidation sites excluding steroid dienone is 4. The molecule has 0 spiro atoms. The van der Waals surface area contributed by atoms with E-state index >= 15 is 0 Å². The lowest BCUT2D eigenvalue weighted by Crippen LogP contribution is -1.70. The molecule has 0 aliphatic carbocycles. The molecule has 0 N–H and O–H groups in total. The Kier molecular flexibility index (Phi) is 11.0. The van der Waals surface area contributed by atoms with Gasteiger partial charge in [-0.1, -0.05) is 57.4 Å². The van der Waals surface area contributed by atoms with E-state index < -0.39 is 0 Å². The van der Waals surface area contributed by atoms with Crippen molar-refractivity contribution in [1.82, 2.24) is 0 Å². The third kappa shape index (κ3) is 11.5. The first-order valence-electron chi connectivity index (χ1n) is 5.71. The molecule has 0 aromatic carbocycles. The molecule has 0 unspecified atom stereocenters. The predicted octanol–water partition coefficient (Wildman–Crippen LogP) is 4.87. The molecule has 0 radical (unpaired) electrons. The average Bonchev–Trinajstić information content (AvgIpc) is 2.16. The molecular formula is C13H24. The van der Waals surface area contributed by atoms with E-state index in [1.165, 1.54) is 38.5 Å². The molecule has 0 aromatic rings. The second kappa shape index (κ2) is 11.5. The minimum atomic E-state index is 1.12. The van der Waals surface area contributed by atoms with Crippen molar-refractivity contribution in [3.05, 3.63) is 24.3 Å². The molecule has 0 saturated carbocycles. The van der Waals surface area contributed by atoms with Gasteiger partial charge in [-0.3, -0.25) is 0 Å². The normalized spacial score (nSPS) is 11.8. The van der Waals surface area contributed by atoms with Gasteiger partial charge >= 0.3 is 0 Å². The fourth-order valence-electron chi connectivity index (χ4n) is 1.19. The highest BCUT2D eigenvalue weighted by Gasteiger charge is 1.80. The van der Waals surface area contributed by atoms with E-state index in [0.717, 1.165) is 6.42 Å². The summed E-state index contributed by atoms with van der Waals surface area (Å²) >= 11 is 0. The maximum absolute atomic E-state index is 2.31. The third-order valence-corrected chi connectivity index (χ3v) is 2.04. The van der Waals surface area contributed by atoms with Gasteiger partial charge in [0, 0.05) is 0 Å². The summed E-state index contributed by atoms with van der Waals surface area (Å²) in [5, 5.41) is 0. The largest absolute Gasteiger partial charge is 0.0882 e. The van der Waals surface area contributed by atoms with Crippen molar-refractivity contribution in [2.75, 3.05) is 0 Å². The molecule has 0 amide bonds. The first-order chi connectivity index (χ1) is 6.41. The van der Waals surface area contributed by atoms with Gasteiger partial charge in [-0.05, 0) is 25.7 Å². The Morgan fingerprint density at radius 2 is 1.38 bits per heavy atom. The third-order valence-electron chi connectivity index (χ3n) is 2.04. The van der Waals surface area contributed by atoms with E-state index in [4.69, 9.17) is 0 Å². The van der Waals surface area contributed by atoms with E-state index in [1.807, 2.05) is 0 Å². The Hall–Kier alpha value is -0.520. The summed E-state index contributed by atoms with van der Waals surface area (Å²) in [4.78, 5) is 0. The van der Waals surface area contributed by atoms with E-state index in [9.17, 15) is 0 Å². The maximum Gasteiger partial charge on any atom is -0.0169 e. The minimum Gasteiger partial charge on any atom is -0.0882 e. The SMILES string of the molecule is CCC/C=C\C/C=C/CCCCC. The Morgan fingerprint density at radius 3 is 2.00 bits per heavy atom. The molecule has 13 heavy (non-hydrogen) atoms. The Morgan fingerprint density at radius 1 is 0.692 bits per heavy atom. The van der Waals surface area contributed by atoms with Crippen LogP contribution in [0.5, 0.6) is 0 Å². The quantitative estimate of drug-likeness (QED) is 0.369. The molecule has 0 bridgehead atoms. The topological polar surface area (TPSA) is 0 Å². The molecule has 0 heterocycles. The number of hydrogen-bond donors (Lipinski definition) is 0. The maximum atomic E-state index is 2.31. The molecule has 0 aromatic heterocycles. The van der Waals surface area contributed by atoms with Crippen LogP contribution in [-0.2, 0) is 0 Å². The Labute approximate surface area is 83.7 Å². The lowest BCUT2D eigenvalue weighted by molar-refractivity contribution is 0.728. The van der Waals surface area contributed by atoms with Crippen LogP contribution in [0.1, 0.15) is 58.8 Å². The molecule has 0 aliphatic heterocycles. The van der Waals surface area contributed by atoms with Gasteiger partial charge in [-0.2, -0.15) is 0 Å². The van der Waals surface area contributed by atoms with Crippen molar-refractivity contribution in [2.24, 2.45) is 0 Å². The molecule has 0 heteroatoms. The van der Waals surface area contributed by atoms with Gasteiger partial charge in [0.15, 0.2) is 0 Å². The van der Waals surface area contributed by atoms with Crippen LogP contribution in [0.2, 0.25) is 0 Å². The van der Waals surface area contributed by atoms with Gasteiger partial charge in [0.05, 0.1) is 0 Å². The van der Waals surface area contributed by atoms with Crippen molar-refractivity contribution in [1.29, 1.82) is 0 Å². The number of hydrogen-bond acceptors (Lipinski definition) is 0. The smallest absolute Gasteiger partial charge is 0.0169 e. The van der Waals surface area contributed by atoms with E-state index in [-0.39, 0.29) is 0 Å². The summed E-state index contributed by atoms with van der Waals surface area (Å²) in [5.74, 6) is 0. The van der Waals surface area contributed by atoms with Crippen LogP contribution >= 0.6 is 0 Å². The van der Waals surface area contributed by atoms with Crippen LogP contribution in [0.4, 0.5) is 0 Å². The van der Waals surface area contributed by atoms with Gasteiger partial charge in [0.2, 0.25) is 0 Å². The highest BCUT2D eigenvalue weighted by Crippen LogP contribution is 2.00. The first kappa shape index (κ1) is 12.5. The van der Waals surface area contributed by atoms with Crippen molar-refractivity contribution in [3.8, 4) is 0 Å². The molecule has 0 atom stereocenters.